The third kappa shape index (κ3) is 6.42. The SMILES string of the molecule is CS(=O)(=O)c1ccc(CNC(=S)NCCN2CCOCC2)cc1. The van der Waals surface area contributed by atoms with Gasteiger partial charge in [0.05, 0.1) is 18.1 Å². The molecule has 0 aromatic heterocycles. The first-order valence-electron chi connectivity index (χ1n) is 7.56. The zero-order valence-corrected chi connectivity index (χ0v) is 14.9. The Morgan fingerprint density at radius 3 is 2.48 bits per heavy atom. The van der Waals surface area contributed by atoms with Crippen LogP contribution in [0.1, 0.15) is 5.56 Å². The van der Waals surface area contributed by atoms with E-state index in [2.05, 4.69) is 15.5 Å². The van der Waals surface area contributed by atoms with Crippen LogP contribution in [0, 0.1) is 0 Å². The maximum absolute atomic E-state index is 11.4. The molecule has 1 heterocycles. The highest BCUT2D eigenvalue weighted by molar-refractivity contribution is 7.90. The average Bonchev–Trinajstić information content (AvgIpc) is 2.53. The fourth-order valence-electron chi connectivity index (χ4n) is 2.25. The molecule has 8 heteroatoms. The van der Waals surface area contributed by atoms with Crippen LogP contribution in [0.4, 0.5) is 0 Å². The number of thiocarbonyl (C=S) groups is 1. The number of nitrogens with zero attached hydrogens (tertiary/aromatic N) is 1. The summed E-state index contributed by atoms with van der Waals surface area (Å²) in [4.78, 5) is 2.66. The van der Waals surface area contributed by atoms with E-state index in [1.807, 2.05) is 0 Å². The van der Waals surface area contributed by atoms with Crippen LogP contribution in [-0.2, 0) is 21.1 Å². The lowest BCUT2D eigenvalue weighted by Crippen LogP contribution is -2.43. The van der Waals surface area contributed by atoms with Crippen molar-refractivity contribution < 1.29 is 13.2 Å². The summed E-state index contributed by atoms with van der Waals surface area (Å²) in [6, 6.07) is 6.81. The smallest absolute Gasteiger partial charge is 0.175 e. The number of ether oxygens (including phenoxy) is 1. The second-order valence-corrected chi connectivity index (χ2v) is 7.90. The van der Waals surface area contributed by atoms with Crippen LogP contribution < -0.4 is 10.6 Å². The average molecular weight is 358 g/mol. The first-order valence-corrected chi connectivity index (χ1v) is 9.86. The molecule has 2 rings (SSSR count). The molecular weight excluding hydrogens is 334 g/mol. The molecule has 0 amide bonds. The van der Waals surface area contributed by atoms with Crippen LogP contribution in [0.5, 0.6) is 0 Å². The maximum atomic E-state index is 11.4. The molecule has 0 saturated carbocycles. The van der Waals surface area contributed by atoms with Crippen molar-refractivity contribution in [2.45, 2.75) is 11.4 Å². The second kappa shape index (κ2) is 8.58. The van der Waals surface area contributed by atoms with Gasteiger partial charge in [-0.2, -0.15) is 0 Å². The van der Waals surface area contributed by atoms with Crippen molar-refractivity contribution in [2.75, 3.05) is 45.6 Å². The van der Waals surface area contributed by atoms with Crippen molar-refractivity contribution in [1.82, 2.24) is 15.5 Å². The van der Waals surface area contributed by atoms with Gasteiger partial charge in [-0.25, -0.2) is 8.42 Å². The van der Waals surface area contributed by atoms with Gasteiger partial charge >= 0.3 is 0 Å². The predicted molar refractivity (Wildman–Crippen MR) is 94.3 cm³/mol. The van der Waals surface area contributed by atoms with E-state index >= 15 is 0 Å². The van der Waals surface area contributed by atoms with Crippen molar-refractivity contribution in [1.29, 1.82) is 0 Å². The summed E-state index contributed by atoms with van der Waals surface area (Å²) < 4.78 is 28.1. The van der Waals surface area contributed by atoms with Gasteiger partial charge in [0.25, 0.3) is 0 Å². The van der Waals surface area contributed by atoms with Crippen molar-refractivity contribution in [3.8, 4) is 0 Å². The van der Waals surface area contributed by atoms with Gasteiger partial charge < -0.3 is 15.4 Å². The molecule has 128 valence electrons. The Balaban J connectivity index is 1.67. The lowest BCUT2D eigenvalue weighted by molar-refractivity contribution is 0.0389. The Kier molecular flexibility index (Phi) is 6.76. The number of hydrogen-bond donors (Lipinski definition) is 2. The number of hydrogen-bond acceptors (Lipinski definition) is 5. The van der Waals surface area contributed by atoms with Crippen LogP contribution in [0.15, 0.2) is 29.2 Å². The van der Waals surface area contributed by atoms with E-state index in [0.29, 0.717) is 16.6 Å². The van der Waals surface area contributed by atoms with E-state index in [1.165, 1.54) is 6.26 Å². The molecule has 0 atom stereocenters. The van der Waals surface area contributed by atoms with Gasteiger partial charge in [0.2, 0.25) is 0 Å². The first-order chi connectivity index (χ1) is 10.9. The Hall–Kier alpha value is -1.22. The quantitative estimate of drug-likeness (QED) is 0.714. The largest absolute Gasteiger partial charge is 0.379 e. The van der Waals surface area contributed by atoms with Crippen molar-refractivity contribution in [3.63, 3.8) is 0 Å². The first kappa shape index (κ1) is 18.1. The fraction of sp³-hybridized carbons (Fsp3) is 0.533. The van der Waals surface area contributed by atoms with Crippen molar-refractivity contribution in [3.05, 3.63) is 29.8 Å². The minimum Gasteiger partial charge on any atom is -0.379 e. The summed E-state index contributed by atoms with van der Waals surface area (Å²) in [6.45, 7) is 5.82. The Bertz CT molecular complexity index is 611. The molecule has 6 nitrogen and oxygen atoms in total. The zero-order chi connectivity index (χ0) is 16.7. The molecule has 1 aromatic carbocycles. The lowest BCUT2D eigenvalue weighted by Gasteiger charge is -2.26. The Morgan fingerprint density at radius 1 is 1.22 bits per heavy atom. The van der Waals surface area contributed by atoms with E-state index in [9.17, 15) is 8.42 Å². The Morgan fingerprint density at radius 2 is 1.87 bits per heavy atom. The highest BCUT2D eigenvalue weighted by atomic mass is 32.2. The molecule has 0 unspecified atom stereocenters. The summed E-state index contributed by atoms with van der Waals surface area (Å²) >= 11 is 5.24. The van der Waals surface area contributed by atoms with Gasteiger partial charge in [-0.05, 0) is 29.9 Å². The summed E-state index contributed by atoms with van der Waals surface area (Å²) in [6.07, 6.45) is 1.20. The highest BCUT2D eigenvalue weighted by Gasteiger charge is 2.09. The summed E-state index contributed by atoms with van der Waals surface area (Å²) in [5.41, 5.74) is 0.981. The minimum absolute atomic E-state index is 0.326. The number of nitrogens with one attached hydrogen (secondary N) is 2. The summed E-state index contributed by atoms with van der Waals surface area (Å²) in [7, 11) is -3.15. The second-order valence-electron chi connectivity index (χ2n) is 5.48. The van der Waals surface area contributed by atoms with Crippen LogP contribution in [0.25, 0.3) is 0 Å². The highest BCUT2D eigenvalue weighted by Crippen LogP contribution is 2.10. The normalized spacial score (nSPS) is 16.0. The van der Waals surface area contributed by atoms with Crippen molar-refractivity contribution in [2.24, 2.45) is 0 Å². The van der Waals surface area contributed by atoms with E-state index in [-0.39, 0.29) is 0 Å². The summed E-state index contributed by atoms with van der Waals surface area (Å²) in [5, 5.41) is 6.90. The van der Waals surface area contributed by atoms with E-state index in [0.717, 1.165) is 45.0 Å². The molecule has 23 heavy (non-hydrogen) atoms. The molecule has 1 aromatic rings. The van der Waals surface area contributed by atoms with E-state index in [1.54, 1.807) is 24.3 Å². The molecular formula is C15H23N3O3S2. The van der Waals surface area contributed by atoms with Crippen LogP contribution in [0.3, 0.4) is 0 Å². The topological polar surface area (TPSA) is 70.7 Å². The van der Waals surface area contributed by atoms with Gasteiger partial charge in [-0.15, -0.1) is 0 Å². The predicted octanol–water partition coefficient (Wildman–Crippen LogP) is 0.386. The van der Waals surface area contributed by atoms with Gasteiger partial charge in [-0.3, -0.25) is 4.90 Å². The standard InChI is InChI=1S/C15H23N3O3S2/c1-23(19,20)14-4-2-13(3-5-14)12-17-15(22)16-6-7-18-8-10-21-11-9-18/h2-5H,6-12H2,1H3,(H2,16,17,22). The number of benzene rings is 1. The number of morpholine rings is 1. The Labute approximate surface area is 143 Å². The fourth-order valence-corrected chi connectivity index (χ4v) is 3.06. The van der Waals surface area contributed by atoms with Crippen LogP contribution in [-0.4, -0.2) is 64.1 Å². The molecule has 0 bridgehead atoms. The van der Waals surface area contributed by atoms with Gasteiger partial charge in [0.15, 0.2) is 14.9 Å². The maximum Gasteiger partial charge on any atom is 0.175 e. The van der Waals surface area contributed by atoms with Gasteiger partial charge in [0, 0.05) is 39.0 Å². The summed E-state index contributed by atoms with van der Waals surface area (Å²) in [5.74, 6) is 0. The van der Waals surface area contributed by atoms with Crippen molar-refractivity contribution >= 4 is 27.2 Å². The molecule has 1 saturated heterocycles. The molecule has 1 aliphatic rings. The molecule has 0 radical (unpaired) electrons. The molecule has 1 aliphatic heterocycles. The van der Waals surface area contributed by atoms with Gasteiger partial charge in [-0.1, -0.05) is 12.1 Å². The van der Waals surface area contributed by atoms with Crippen LogP contribution >= 0.6 is 12.2 Å². The third-order valence-electron chi connectivity index (χ3n) is 3.62. The van der Waals surface area contributed by atoms with E-state index < -0.39 is 9.84 Å². The molecule has 0 aliphatic carbocycles. The molecule has 0 spiro atoms. The minimum atomic E-state index is -3.15. The number of rotatable bonds is 6. The van der Waals surface area contributed by atoms with Gasteiger partial charge in [0.1, 0.15) is 0 Å². The van der Waals surface area contributed by atoms with E-state index in [4.69, 9.17) is 17.0 Å². The monoisotopic (exact) mass is 357 g/mol. The number of sulfone groups is 1. The zero-order valence-electron chi connectivity index (χ0n) is 13.2. The lowest BCUT2D eigenvalue weighted by atomic mass is 10.2. The molecule has 1 fully saturated rings. The molecule has 2 N–H and O–H groups in total. The van der Waals surface area contributed by atoms with Crippen LogP contribution in [0.2, 0.25) is 0 Å². The third-order valence-corrected chi connectivity index (χ3v) is 5.04.